The highest BCUT2D eigenvalue weighted by molar-refractivity contribution is 9.10. The lowest BCUT2D eigenvalue weighted by atomic mass is 9.92. The van der Waals surface area contributed by atoms with Crippen molar-refractivity contribution in [2.45, 2.75) is 37.8 Å². The van der Waals surface area contributed by atoms with E-state index in [0.717, 1.165) is 35.2 Å². The Labute approximate surface area is 110 Å². The predicted octanol–water partition coefficient (Wildman–Crippen LogP) is 3.17. The van der Waals surface area contributed by atoms with E-state index in [2.05, 4.69) is 21.2 Å². The fourth-order valence-corrected chi connectivity index (χ4v) is 2.73. The fourth-order valence-electron chi connectivity index (χ4n) is 2.26. The van der Waals surface area contributed by atoms with Crippen LogP contribution in [0.4, 0.5) is 5.69 Å². The third kappa shape index (κ3) is 3.36. The first kappa shape index (κ1) is 12.7. The van der Waals surface area contributed by atoms with Crippen molar-refractivity contribution in [3.8, 4) is 5.75 Å². The standard InChI is InChI=1S/C13H18BrNO2/c1-17-11-7-9(14)6-10(8-11)15-12-4-2-3-5-13(12)16/h6-8,12-13,15-16H,2-5H2,1H3. The SMILES string of the molecule is COc1cc(Br)cc(NC2CCCCC2O)c1. The second kappa shape index (κ2) is 5.74. The van der Waals surface area contributed by atoms with Crippen LogP contribution >= 0.6 is 15.9 Å². The van der Waals surface area contributed by atoms with Crippen molar-refractivity contribution in [1.29, 1.82) is 0 Å². The highest BCUT2D eigenvalue weighted by Gasteiger charge is 2.22. The van der Waals surface area contributed by atoms with Gasteiger partial charge in [0.25, 0.3) is 0 Å². The molecule has 0 aliphatic heterocycles. The molecule has 17 heavy (non-hydrogen) atoms. The van der Waals surface area contributed by atoms with E-state index in [4.69, 9.17) is 4.74 Å². The molecule has 3 nitrogen and oxygen atoms in total. The summed E-state index contributed by atoms with van der Waals surface area (Å²) < 4.78 is 6.20. The van der Waals surface area contributed by atoms with Crippen LogP contribution in [0.5, 0.6) is 5.75 Å². The van der Waals surface area contributed by atoms with Gasteiger partial charge in [0.2, 0.25) is 0 Å². The summed E-state index contributed by atoms with van der Waals surface area (Å²) in [5.41, 5.74) is 0.988. The van der Waals surface area contributed by atoms with Gasteiger partial charge in [-0.3, -0.25) is 0 Å². The first-order chi connectivity index (χ1) is 8.19. The highest BCUT2D eigenvalue weighted by atomic mass is 79.9. The zero-order valence-corrected chi connectivity index (χ0v) is 11.5. The van der Waals surface area contributed by atoms with Crippen molar-refractivity contribution >= 4 is 21.6 Å². The van der Waals surface area contributed by atoms with Gasteiger partial charge in [-0.1, -0.05) is 28.8 Å². The molecule has 2 atom stereocenters. The monoisotopic (exact) mass is 299 g/mol. The number of aliphatic hydroxyl groups is 1. The van der Waals surface area contributed by atoms with Gasteiger partial charge in [0, 0.05) is 16.2 Å². The molecule has 2 rings (SSSR count). The number of hydrogen-bond acceptors (Lipinski definition) is 3. The Hall–Kier alpha value is -0.740. The molecular formula is C13H18BrNO2. The van der Waals surface area contributed by atoms with Crippen LogP contribution in [-0.4, -0.2) is 24.4 Å². The number of anilines is 1. The Morgan fingerprint density at radius 2 is 2.06 bits per heavy atom. The maximum Gasteiger partial charge on any atom is 0.122 e. The molecule has 1 aromatic rings. The Morgan fingerprint density at radius 1 is 1.29 bits per heavy atom. The van der Waals surface area contributed by atoms with Crippen molar-refractivity contribution < 1.29 is 9.84 Å². The normalized spacial score (nSPS) is 24.4. The molecule has 0 amide bonds. The third-order valence-corrected chi connectivity index (χ3v) is 3.65. The molecule has 1 fully saturated rings. The molecule has 2 unspecified atom stereocenters. The molecule has 1 aliphatic carbocycles. The van der Waals surface area contributed by atoms with Crippen molar-refractivity contribution in [2.75, 3.05) is 12.4 Å². The number of hydrogen-bond donors (Lipinski definition) is 2. The Kier molecular flexibility index (Phi) is 4.29. The first-order valence-corrected chi connectivity index (χ1v) is 6.77. The van der Waals surface area contributed by atoms with E-state index in [1.807, 2.05) is 18.2 Å². The summed E-state index contributed by atoms with van der Waals surface area (Å²) >= 11 is 3.45. The van der Waals surface area contributed by atoms with Gasteiger partial charge in [0.15, 0.2) is 0 Å². The fraction of sp³-hybridized carbons (Fsp3) is 0.538. The summed E-state index contributed by atoms with van der Waals surface area (Å²) in [5, 5.41) is 13.3. The van der Waals surface area contributed by atoms with Crippen molar-refractivity contribution in [1.82, 2.24) is 0 Å². The number of ether oxygens (including phenoxy) is 1. The average molecular weight is 300 g/mol. The molecule has 0 bridgehead atoms. The van der Waals surface area contributed by atoms with Crippen LogP contribution in [-0.2, 0) is 0 Å². The second-order valence-corrected chi connectivity index (χ2v) is 5.40. The summed E-state index contributed by atoms with van der Waals surface area (Å²) in [6.07, 6.45) is 3.98. The van der Waals surface area contributed by atoms with Gasteiger partial charge >= 0.3 is 0 Å². The minimum atomic E-state index is -0.242. The van der Waals surface area contributed by atoms with E-state index in [-0.39, 0.29) is 12.1 Å². The van der Waals surface area contributed by atoms with Crippen LogP contribution in [0.3, 0.4) is 0 Å². The van der Waals surface area contributed by atoms with E-state index in [0.29, 0.717) is 0 Å². The van der Waals surface area contributed by atoms with Gasteiger partial charge in [-0.05, 0) is 25.0 Å². The van der Waals surface area contributed by atoms with Gasteiger partial charge in [-0.25, -0.2) is 0 Å². The van der Waals surface area contributed by atoms with Gasteiger partial charge < -0.3 is 15.2 Å². The number of nitrogens with one attached hydrogen (secondary N) is 1. The summed E-state index contributed by atoms with van der Waals surface area (Å²) in [4.78, 5) is 0. The van der Waals surface area contributed by atoms with Crippen molar-refractivity contribution in [3.05, 3.63) is 22.7 Å². The van der Waals surface area contributed by atoms with Crippen LogP contribution in [0.25, 0.3) is 0 Å². The molecule has 0 spiro atoms. The molecule has 0 saturated heterocycles. The molecule has 2 N–H and O–H groups in total. The summed E-state index contributed by atoms with van der Waals surface area (Å²) in [6, 6.07) is 6.03. The summed E-state index contributed by atoms with van der Waals surface area (Å²) in [5.74, 6) is 0.812. The Bertz CT molecular complexity index is 384. The van der Waals surface area contributed by atoms with Crippen LogP contribution in [0.15, 0.2) is 22.7 Å². The summed E-state index contributed by atoms with van der Waals surface area (Å²) in [7, 11) is 1.65. The van der Waals surface area contributed by atoms with Crippen molar-refractivity contribution in [3.63, 3.8) is 0 Å². The van der Waals surface area contributed by atoms with E-state index < -0.39 is 0 Å². The molecule has 4 heteroatoms. The van der Waals surface area contributed by atoms with Gasteiger partial charge in [0.1, 0.15) is 5.75 Å². The maximum atomic E-state index is 9.92. The lowest BCUT2D eigenvalue weighted by Gasteiger charge is -2.29. The first-order valence-electron chi connectivity index (χ1n) is 5.98. The van der Waals surface area contributed by atoms with Gasteiger partial charge in [-0.15, -0.1) is 0 Å². The van der Waals surface area contributed by atoms with Crippen LogP contribution < -0.4 is 10.1 Å². The Morgan fingerprint density at radius 3 is 2.76 bits per heavy atom. The van der Waals surface area contributed by atoms with Crippen LogP contribution in [0.1, 0.15) is 25.7 Å². The average Bonchev–Trinajstić information content (AvgIpc) is 2.31. The minimum Gasteiger partial charge on any atom is -0.497 e. The van der Waals surface area contributed by atoms with Crippen LogP contribution in [0.2, 0.25) is 0 Å². The smallest absolute Gasteiger partial charge is 0.122 e. The third-order valence-electron chi connectivity index (χ3n) is 3.19. The number of benzene rings is 1. The molecule has 0 radical (unpaired) electrons. The van der Waals surface area contributed by atoms with Crippen molar-refractivity contribution in [2.24, 2.45) is 0 Å². The lowest BCUT2D eigenvalue weighted by Crippen LogP contribution is -2.36. The Balaban J connectivity index is 2.09. The minimum absolute atomic E-state index is 0.155. The number of rotatable bonds is 3. The van der Waals surface area contributed by atoms with E-state index >= 15 is 0 Å². The zero-order chi connectivity index (χ0) is 12.3. The topological polar surface area (TPSA) is 41.5 Å². The predicted molar refractivity (Wildman–Crippen MR) is 72.6 cm³/mol. The largest absolute Gasteiger partial charge is 0.497 e. The second-order valence-electron chi connectivity index (χ2n) is 4.48. The number of methoxy groups -OCH3 is 1. The maximum absolute atomic E-state index is 9.92. The molecule has 1 aliphatic rings. The lowest BCUT2D eigenvalue weighted by molar-refractivity contribution is 0.116. The quantitative estimate of drug-likeness (QED) is 0.901. The van der Waals surface area contributed by atoms with E-state index in [1.54, 1.807) is 7.11 Å². The highest BCUT2D eigenvalue weighted by Crippen LogP contribution is 2.27. The molecule has 0 heterocycles. The number of halogens is 1. The van der Waals surface area contributed by atoms with E-state index in [9.17, 15) is 5.11 Å². The molecule has 94 valence electrons. The molecular weight excluding hydrogens is 282 g/mol. The molecule has 1 saturated carbocycles. The zero-order valence-electron chi connectivity index (χ0n) is 9.95. The van der Waals surface area contributed by atoms with E-state index in [1.165, 1.54) is 6.42 Å². The number of aliphatic hydroxyl groups excluding tert-OH is 1. The van der Waals surface area contributed by atoms with Crippen LogP contribution in [0, 0.1) is 0 Å². The van der Waals surface area contributed by atoms with Gasteiger partial charge in [-0.2, -0.15) is 0 Å². The van der Waals surface area contributed by atoms with Gasteiger partial charge in [0.05, 0.1) is 19.3 Å². The summed E-state index contributed by atoms with van der Waals surface area (Å²) in [6.45, 7) is 0. The molecule has 0 aromatic heterocycles. The molecule has 1 aromatic carbocycles.